The second-order valence-corrected chi connectivity index (χ2v) is 9.00. The van der Waals surface area contributed by atoms with Gasteiger partial charge in [-0.3, -0.25) is 9.89 Å². The molecule has 2 aliphatic heterocycles. The number of ether oxygens (including phenoxy) is 1. The first-order chi connectivity index (χ1) is 15.8. The molecule has 2 saturated heterocycles. The Hall–Kier alpha value is -1.64. The maximum atomic E-state index is 6.16. The van der Waals surface area contributed by atoms with E-state index in [9.17, 15) is 0 Å². The third-order valence-electron chi connectivity index (χ3n) is 6.58. The number of aliphatic imine (C=N–C) groups is 1. The zero-order chi connectivity index (χ0) is 22.0. The first-order valence-electron chi connectivity index (χ1n) is 12.3. The van der Waals surface area contributed by atoms with E-state index in [0.29, 0.717) is 12.0 Å². The van der Waals surface area contributed by atoms with Crippen LogP contribution >= 0.6 is 24.0 Å². The van der Waals surface area contributed by atoms with Crippen LogP contribution in [0.2, 0.25) is 0 Å². The number of likely N-dealkylation sites (tertiary alicyclic amines) is 1. The topological polar surface area (TPSA) is 48.9 Å². The molecule has 180 valence electrons. The van der Waals surface area contributed by atoms with Gasteiger partial charge in [0.15, 0.2) is 5.96 Å². The predicted octanol–water partition coefficient (Wildman–Crippen LogP) is 4.99. The number of benzene rings is 2. The molecule has 2 N–H and O–H groups in total. The molecule has 0 radical (unpaired) electrons. The monoisotopic (exact) mass is 562 g/mol. The summed E-state index contributed by atoms with van der Waals surface area (Å²) in [6.07, 6.45) is 4.73. The Morgan fingerprint density at radius 3 is 2.39 bits per heavy atom. The normalized spacial score (nSPS) is 22.4. The van der Waals surface area contributed by atoms with Gasteiger partial charge in [0.1, 0.15) is 0 Å². The van der Waals surface area contributed by atoms with Crippen LogP contribution in [0.3, 0.4) is 0 Å². The van der Waals surface area contributed by atoms with Crippen LogP contribution in [0.5, 0.6) is 0 Å². The molecule has 2 aromatic carbocycles. The van der Waals surface area contributed by atoms with E-state index in [1.54, 1.807) is 0 Å². The second kappa shape index (κ2) is 13.9. The Bertz CT molecular complexity index is 825. The molecule has 0 saturated carbocycles. The smallest absolute Gasteiger partial charge is 0.191 e. The Balaban J connectivity index is 0.00000306. The molecule has 6 heteroatoms. The summed E-state index contributed by atoms with van der Waals surface area (Å²) < 4.78 is 6.16. The van der Waals surface area contributed by atoms with Gasteiger partial charge in [0, 0.05) is 51.3 Å². The van der Waals surface area contributed by atoms with E-state index in [-0.39, 0.29) is 30.1 Å². The summed E-state index contributed by atoms with van der Waals surface area (Å²) in [5, 5.41) is 7.17. The zero-order valence-corrected chi connectivity index (χ0v) is 22.1. The predicted molar refractivity (Wildman–Crippen MR) is 147 cm³/mol. The van der Waals surface area contributed by atoms with E-state index in [0.717, 1.165) is 64.6 Å². The minimum absolute atomic E-state index is 0. The summed E-state index contributed by atoms with van der Waals surface area (Å²) in [6, 6.07) is 21.9. The molecule has 2 unspecified atom stereocenters. The minimum Gasteiger partial charge on any atom is -0.373 e. The second-order valence-electron chi connectivity index (χ2n) is 9.00. The zero-order valence-electron chi connectivity index (χ0n) is 19.8. The van der Waals surface area contributed by atoms with Gasteiger partial charge in [-0.05, 0) is 43.7 Å². The molecule has 2 aromatic rings. The average Bonchev–Trinajstić information content (AvgIpc) is 2.85. The Labute approximate surface area is 216 Å². The van der Waals surface area contributed by atoms with Gasteiger partial charge in [-0.2, -0.15) is 0 Å². The molecule has 0 spiro atoms. The highest BCUT2D eigenvalue weighted by atomic mass is 127. The highest BCUT2D eigenvalue weighted by molar-refractivity contribution is 14.0. The van der Waals surface area contributed by atoms with Gasteiger partial charge in [0.2, 0.25) is 0 Å². The molecule has 0 bridgehead atoms. The van der Waals surface area contributed by atoms with E-state index >= 15 is 0 Å². The molecule has 2 atom stereocenters. The lowest BCUT2D eigenvalue weighted by Crippen LogP contribution is -2.48. The molecule has 2 aliphatic rings. The maximum Gasteiger partial charge on any atom is 0.191 e. The van der Waals surface area contributed by atoms with E-state index in [1.165, 1.54) is 17.5 Å². The number of nitrogens with one attached hydrogen (secondary N) is 2. The number of piperidine rings is 1. The first kappa shape index (κ1) is 26.0. The third kappa shape index (κ3) is 7.97. The number of hydrogen-bond acceptors (Lipinski definition) is 3. The Morgan fingerprint density at radius 1 is 1.00 bits per heavy atom. The summed E-state index contributed by atoms with van der Waals surface area (Å²) in [5.74, 6) is 1.38. The Morgan fingerprint density at radius 2 is 1.70 bits per heavy atom. The van der Waals surface area contributed by atoms with Crippen molar-refractivity contribution < 1.29 is 4.74 Å². The number of nitrogens with zero attached hydrogens (tertiary/aromatic N) is 2. The first-order valence-corrected chi connectivity index (χ1v) is 12.3. The van der Waals surface area contributed by atoms with E-state index in [1.807, 2.05) is 0 Å². The molecule has 2 fully saturated rings. The highest BCUT2D eigenvalue weighted by Crippen LogP contribution is 2.33. The molecular formula is C27H39IN4O. The minimum atomic E-state index is 0. The number of halogens is 1. The summed E-state index contributed by atoms with van der Waals surface area (Å²) in [4.78, 5) is 7.55. The molecule has 5 nitrogen and oxygen atoms in total. The number of rotatable bonds is 7. The van der Waals surface area contributed by atoms with Crippen molar-refractivity contribution in [2.75, 3.05) is 32.8 Å². The van der Waals surface area contributed by atoms with Crippen LogP contribution in [-0.2, 0) is 11.3 Å². The van der Waals surface area contributed by atoms with E-state index < -0.39 is 0 Å². The van der Waals surface area contributed by atoms with Crippen LogP contribution in [0.25, 0.3) is 0 Å². The lowest BCUT2D eigenvalue weighted by atomic mass is 9.89. The molecule has 33 heavy (non-hydrogen) atoms. The van der Waals surface area contributed by atoms with Crippen LogP contribution in [0.15, 0.2) is 65.7 Å². The SMILES string of the molecule is CCNC(=NCC1CCCOC1c1ccccc1)NC1CCN(Cc2ccccc2)CC1.I. The summed E-state index contributed by atoms with van der Waals surface area (Å²) in [7, 11) is 0. The van der Waals surface area contributed by atoms with Gasteiger partial charge in [-0.25, -0.2) is 0 Å². The Kier molecular flexibility index (Phi) is 11.0. The summed E-state index contributed by atoms with van der Waals surface area (Å²) >= 11 is 0. The van der Waals surface area contributed by atoms with Crippen molar-refractivity contribution in [3.8, 4) is 0 Å². The third-order valence-corrected chi connectivity index (χ3v) is 6.58. The maximum absolute atomic E-state index is 6.16. The molecule has 2 heterocycles. The largest absolute Gasteiger partial charge is 0.373 e. The molecule has 0 aliphatic carbocycles. The lowest BCUT2D eigenvalue weighted by Gasteiger charge is -2.33. The number of guanidine groups is 1. The van der Waals surface area contributed by atoms with Crippen LogP contribution < -0.4 is 10.6 Å². The van der Waals surface area contributed by atoms with Gasteiger partial charge in [-0.1, -0.05) is 60.7 Å². The fourth-order valence-corrected chi connectivity index (χ4v) is 4.84. The van der Waals surface area contributed by atoms with Crippen molar-refractivity contribution in [2.24, 2.45) is 10.9 Å². The van der Waals surface area contributed by atoms with E-state index in [4.69, 9.17) is 9.73 Å². The highest BCUT2D eigenvalue weighted by Gasteiger charge is 2.27. The fraction of sp³-hybridized carbons (Fsp3) is 0.519. The van der Waals surface area contributed by atoms with Gasteiger partial charge in [0.05, 0.1) is 6.10 Å². The van der Waals surface area contributed by atoms with Crippen molar-refractivity contribution in [1.29, 1.82) is 0 Å². The number of hydrogen-bond donors (Lipinski definition) is 2. The standard InChI is InChI=1S/C27H38N4O.HI/c1-2-28-27(29-20-24-14-9-19-32-26(24)23-12-7-4-8-13-23)30-25-15-17-31(18-16-25)21-22-10-5-3-6-11-22;/h3-8,10-13,24-26H,2,9,14-21H2,1H3,(H2,28,29,30);1H. The van der Waals surface area contributed by atoms with Crippen molar-refractivity contribution >= 4 is 29.9 Å². The molecule has 4 rings (SSSR count). The average molecular weight is 563 g/mol. The van der Waals surface area contributed by atoms with Gasteiger partial charge in [0.25, 0.3) is 0 Å². The summed E-state index contributed by atoms with van der Waals surface area (Å²) in [5.41, 5.74) is 2.67. The molecule has 0 aromatic heterocycles. The van der Waals surface area contributed by atoms with Crippen molar-refractivity contribution in [3.05, 3.63) is 71.8 Å². The van der Waals surface area contributed by atoms with Crippen molar-refractivity contribution in [3.63, 3.8) is 0 Å². The van der Waals surface area contributed by atoms with Gasteiger partial charge >= 0.3 is 0 Å². The van der Waals surface area contributed by atoms with Crippen LogP contribution in [0.1, 0.15) is 49.8 Å². The van der Waals surface area contributed by atoms with Crippen LogP contribution in [-0.4, -0.2) is 49.7 Å². The van der Waals surface area contributed by atoms with Gasteiger partial charge in [-0.15, -0.1) is 24.0 Å². The quantitative estimate of drug-likeness (QED) is 0.284. The molecule has 0 amide bonds. The molecular weight excluding hydrogens is 523 g/mol. The van der Waals surface area contributed by atoms with Crippen LogP contribution in [0.4, 0.5) is 0 Å². The van der Waals surface area contributed by atoms with Gasteiger partial charge < -0.3 is 15.4 Å². The van der Waals surface area contributed by atoms with E-state index in [2.05, 4.69) is 83.1 Å². The fourth-order valence-electron chi connectivity index (χ4n) is 4.84. The lowest BCUT2D eigenvalue weighted by molar-refractivity contribution is -0.0250. The van der Waals surface area contributed by atoms with Crippen molar-refractivity contribution in [2.45, 2.75) is 51.3 Å². The summed E-state index contributed by atoms with van der Waals surface area (Å²) in [6.45, 7) is 7.95. The van der Waals surface area contributed by atoms with Crippen molar-refractivity contribution in [1.82, 2.24) is 15.5 Å². The van der Waals surface area contributed by atoms with Crippen LogP contribution in [0, 0.1) is 5.92 Å².